The van der Waals surface area contributed by atoms with Crippen LogP contribution in [0.1, 0.15) is 18.4 Å². The maximum atomic E-state index is 12.2. The van der Waals surface area contributed by atoms with Gasteiger partial charge in [-0.05, 0) is 35.0 Å². The summed E-state index contributed by atoms with van der Waals surface area (Å²) in [6.45, 7) is 2.38. The van der Waals surface area contributed by atoms with Crippen molar-refractivity contribution in [2.24, 2.45) is 5.10 Å². The van der Waals surface area contributed by atoms with Gasteiger partial charge in [0.15, 0.2) is 0 Å². The molecule has 0 saturated heterocycles. The number of rotatable bonds is 4. The molecule has 0 fully saturated rings. The standard InChI is InChI=1S/C14H15BrN4O/c1-10-3-5-11(6-4-10)19-12(9-13(15)18-19)14(20)17-8-2-7-16/h3-6,12H,2,8-9H2,1H3,(H,17,20). The van der Waals surface area contributed by atoms with Crippen LogP contribution in [0.2, 0.25) is 0 Å². The van der Waals surface area contributed by atoms with E-state index in [2.05, 4.69) is 26.3 Å². The van der Waals surface area contributed by atoms with Crippen molar-refractivity contribution >= 4 is 32.1 Å². The summed E-state index contributed by atoms with van der Waals surface area (Å²) in [6.07, 6.45) is 0.845. The van der Waals surface area contributed by atoms with E-state index in [9.17, 15) is 4.79 Å². The molecular weight excluding hydrogens is 320 g/mol. The summed E-state index contributed by atoms with van der Waals surface area (Å²) >= 11 is 3.36. The maximum absolute atomic E-state index is 12.2. The van der Waals surface area contributed by atoms with Gasteiger partial charge in [0.1, 0.15) is 10.7 Å². The van der Waals surface area contributed by atoms with Crippen LogP contribution in [0, 0.1) is 18.3 Å². The van der Waals surface area contributed by atoms with E-state index < -0.39 is 0 Å². The van der Waals surface area contributed by atoms with Crippen LogP contribution in [0.25, 0.3) is 0 Å². The number of aryl methyl sites for hydroxylation is 1. The number of anilines is 1. The minimum absolute atomic E-state index is 0.112. The van der Waals surface area contributed by atoms with E-state index in [4.69, 9.17) is 5.26 Å². The second-order valence-electron chi connectivity index (χ2n) is 4.58. The molecule has 104 valence electrons. The van der Waals surface area contributed by atoms with E-state index in [0.29, 0.717) is 19.4 Å². The molecule has 0 aliphatic carbocycles. The van der Waals surface area contributed by atoms with Gasteiger partial charge in [-0.15, -0.1) is 0 Å². The first-order valence-electron chi connectivity index (χ1n) is 6.35. The Morgan fingerprint density at radius 3 is 2.90 bits per heavy atom. The summed E-state index contributed by atoms with van der Waals surface area (Å²) in [6, 6.07) is 9.50. The molecule has 1 aliphatic heterocycles. The fraction of sp³-hybridized carbons (Fsp3) is 0.357. The lowest BCUT2D eigenvalue weighted by atomic mass is 10.1. The normalized spacial score (nSPS) is 17.6. The molecular formula is C14H15BrN4O. The Bertz CT molecular complexity index is 562. The highest BCUT2D eigenvalue weighted by Gasteiger charge is 2.32. The van der Waals surface area contributed by atoms with Gasteiger partial charge in [0.05, 0.1) is 18.2 Å². The molecule has 0 bridgehead atoms. The summed E-state index contributed by atoms with van der Waals surface area (Å²) in [4.78, 5) is 12.2. The highest BCUT2D eigenvalue weighted by atomic mass is 79.9. The summed E-state index contributed by atoms with van der Waals surface area (Å²) in [7, 11) is 0. The molecule has 1 aromatic carbocycles. The topological polar surface area (TPSA) is 68.5 Å². The molecule has 1 aromatic rings. The summed E-state index contributed by atoms with van der Waals surface area (Å²) in [5, 5.41) is 17.3. The molecule has 1 atom stereocenters. The lowest BCUT2D eigenvalue weighted by Gasteiger charge is -2.22. The Morgan fingerprint density at radius 2 is 2.25 bits per heavy atom. The van der Waals surface area contributed by atoms with Crippen molar-refractivity contribution in [3.63, 3.8) is 0 Å². The molecule has 1 amide bonds. The van der Waals surface area contributed by atoms with Gasteiger partial charge in [-0.3, -0.25) is 9.80 Å². The van der Waals surface area contributed by atoms with Gasteiger partial charge < -0.3 is 5.32 Å². The number of nitriles is 1. The Labute approximate surface area is 126 Å². The average Bonchev–Trinajstić information content (AvgIpc) is 2.82. The molecule has 20 heavy (non-hydrogen) atoms. The molecule has 5 nitrogen and oxygen atoms in total. The maximum Gasteiger partial charge on any atom is 0.245 e. The lowest BCUT2D eigenvalue weighted by molar-refractivity contribution is -0.122. The Kier molecular flexibility index (Phi) is 4.74. The number of carbonyl (C=O) groups excluding carboxylic acids is 1. The number of hydrogen-bond donors (Lipinski definition) is 1. The zero-order chi connectivity index (χ0) is 14.5. The molecule has 0 spiro atoms. The predicted octanol–water partition coefficient (Wildman–Crippen LogP) is 2.31. The summed E-state index contributed by atoms with van der Waals surface area (Å²) in [5.74, 6) is -0.112. The van der Waals surface area contributed by atoms with Gasteiger partial charge >= 0.3 is 0 Å². The summed E-state index contributed by atoms with van der Waals surface area (Å²) < 4.78 is 0.749. The van der Waals surface area contributed by atoms with Crippen molar-refractivity contribution in [2.45, 2.75) is 25.8 Å². The second kappa shape index (κ2) is 6.53. The lowest BCUT2D eigenvalue weighted by Crippen LogP contribution is -2.42. The van der Waals surface area contributed by atoms with E-state index in [1.54, 1.807) is 5.01 Å². The highest BCUT2D eigenvalue weighted by Crippen LogP contribution is 2.26. The molecule has 1 N–H and O–H groups in total. The minimum Gasteiger partial charge on any atom is -0.353 e. The third-order valence-corrected chi connectivity index (χ3v) is 3.49. The summed E-state index contributed by atoms with van der Waals surface area (Å²) in [5.41, 5.74) is 2.04. The van der Waals surface area contributed by atoms with Crippen LogP contribution in [0.4, 0.5) is 5.69 Å². The number of hydrogen-bond acceptors (Lipinski definition) is 4. The number of benzene rings is 1. The molecule has 0 aromatic heterocycles. The van der Waals surface area contributed by atoms with Crippen molar-refractivity contribution in [3.05, 3.63) is 29.8 Å². The molecule has 0 radical (unpaired) electrons. The number of carbonyl (C=O) groups is 1. The van der Waals surface area contributed by atoms with Crippen LogP contribution in [0.5, 0.6) is 0 Å². The van der Waals surface area contributed by atoms with Gasteiger partial charge in [-0.1, -0.05) is 17.7 Å². The zero-order valence-corrected chi connectivity index (χ0v) is 12.7. The second-order valence-corrected chi connectivity index (χ2v) is 5.49. The molecule has 1 heterocycles. The number of nitrogens with one attached hydrogen (secondary N) is 1. The first kappa shape index (κ1) is 14.5. The van der Waals surface area contributed by atoms with Crippen molar-refractivity contribution in [2.75, 3.05) is 11.6 Å². The van der Waals surface area contributed by atoms with Crippen LogP contribution in [-0.2, 0) is 4.79 Å². The van der Waals surface area contributed by atoms with Gasteiger partial charge in [-0.25, -0.2) is 0 Å². The van der Waals surface area contributed by atoms with E-state index in [1.165, 1.54) is 0 Å². The Hall–Kier alpha value is -1.87. The molecule has 0 saturated carbocycles. The largest absolute Gasteiger partial charge is 0.353 e. The van der Waals surface area contributed by atoms with Crippen molar-refractivity contribution < 1.29 is 4.79 Å². The van der Waals surface area contributed by atoms with Crippen LogP contribution < -0.4 is 10.3 Å². The van der Waals surface area contributed by atoms with Crippen LogP contribution in [0.3, 0.4) is 0 Å². The van der Waals surface area contributed by atoms with E-state index in [1.807, 2.05) is 37.3 Å². The van der Waals surface area contributed by atoms with Crippen LogP contribution in [-0.4, -0.2) is 23.1 Å². The quantitative estimate of drug-likeness (QED) is 0.859. The minimum atomic E-state index is -0.370. The number of nitrogens with zero attached hydrogens (tertiary/aromatic N) is 3. The third-order valence-electron chi connectivity index (χ3n) is 3.01. The Balaban J connectivity index is 2.11. The number of hydrazone groups is 1. The van der Waals surface area contributed by atoms with Gasteiger partial charge in [-0.2, -0.15) is 10.4 Å². The smallest absolute Gasteiger partial charge is 0.245 e. The van der Waals surface area contributed by atoms with Gasteiger partial charge in [0, 0.05) is 13.0 Å². The van der Waals surface area contributed by atoms with Crippen LogP contribution in [0.15, 0.2) is 29.4 Å². The van der Waals surface area contributed by atoms with E-state index in [-0.39, 0.29) is 11.9 Å². The van der Waals surface area contributed by atoms with Crippen molar-refractivity contribution in [1.29, 1.82) is 5.26 Å². The number of amides is 1. The molecule has 1 aliphatic rings. The molecule has 2 rings (SSSR count). The fourth-order valence-corrected chi connectivity index (χ4v) is 2.45. The van der Waals surface area contributed by atoms with Crippen LogP contribution >= 0.6 is 15.9 Å². The first-order chi connectivity index (χ1) is 9.61. The number of halogens is 1. The molecule has 1 unspecified atom stereocenters. The predicted molar refractivity (Wildman–Crippen MR) is 81.7 cm³/mol. The Morgan fingerprint density at radius 1 is 1.55 bits per heavy atom. The fourth-order valence-electron chi connectivity index (χ4n) is 1.97. The zero-order valence-electron chi connectivity index (χ0n) is 11.1. The van der Waals surface area contributed by atoms with Gasteiger partial charge in [0.25, 0.3) is 0 Å². The SMILES string of the molecule is Cc1ccc(N2N=C(Br)CC2C(=O)NCCC#N)cc1. The molecule has 6 heteroatoms. The third kappa shape index (κ3) is 3.36. The first-order valence-corrected chi connectivity index (χ1v) is 7.14. The average molecular weight is 335 g/mol. The monoisotopic (exact) mass is 334 g/mol. The van der Waals surface area contributed by atoms with E-state index in [0.717, 1.165) is 15.9 Å². The van der Waals surface area contributed by atoms with Crippen molar-refractivity contribution in [3.8, 4) is 6.07 Å². The van der Waals surface area contributed by atoms with E-state index >= 15 is 0 Å². The highest BCUT2D eigenvalue weighted by molar-refractivity contribution is 9.18. The van der Waals surface area contributed by atoms with Crippen molar-refractivity contribution in [1.82, 2.24) is 5.32 Å². The van der Waals surface area contributed by atoms with Gasteiger partial charge in [0.2, 0.25) is 5.91 Å².